The number of methoxy groups -OCH3 is 2. The maximum Gasteiger partial charge on any atom is 0.248 e. The van der Waals surface area contributed by atoms with E-state index in [9.17, 15) is 9.59 Å². The van der Waals surface area contributed by atoms with Crippen molar-refractivity contribution in [3.63, 3.8) is 0 Å². The van der Waals surface area contributed by atoms with E-state index in [-0.39, 0.29) is 11.8 Å². The van der Waals surface area contributed by atoms with Gasteiger partial charge >= 0.3 is 0 Å². The zero-order valence-corrected chi connectivity index (χ0v) is 17.9. The Labute approximate surface area is 187 Å². The van der Waals surface area contributed by atoms with Crippen LogP contribution in [-0.4, -0.2) is 26.0 Å². The topological polar surface area (TPSA) is 76.7 Å². The molecule has 162 valence electrons. The molecule has 6 heteroatoms. The largest absolute Gasteiger partial charge is 0.496 e. The van der Waals surface area contributed by atoms with Crippen molar-refractivity contribution in [1.82, 2.24) is 0 Å². The first-order chi connectivity index (χ1) is 15.6. The van der Waals surface area contributed by atoms with E-state index in [1.165, 1.54) is 12.2 Å². The second kappa shape index (κ2) is 11.2. The molecule has 0 saturated carbocycles. The third-order valence-corrected chi connectivity index (χ3v) is 4.55. The Morgan fingerprint density at radius 1 is 0.625 bits per heavy atom. The van der Waals surface area contributed by atoms with Gasteiger partial charge in [0.15, 0.2) is 0 Å². The van der Waals surface area contributed by atoms with Gasteiger partial charge in [-0.25, -0.2) is 0 Å². The number of nitrogens with one attached hydrogen (secondary N) is 2. The van der Waals surface area contributed by atoms with Crippen molar-refractivity contribution < 1.29 is 19.1 Å². The van der Waals surface area contributed by atoms with E-state index in [4.69, 9.17) is 9.47 Å². The molecule has 2 amide bonds. The molecule has 0 atom stereocenters. The average Bonchev–Trinajstić information content (AvgIpc) is 2.83. The highest BCUT2D eigenvalue weighted by atomic mass is 16.5. The predicted octanol–water partition coefficient (Wildman–Crippen LogP) is 5.01. The van der Waals surface area contributed by atoms with Crippen LogP contribution < -0.4 is 20.1 Å². The lowest BCUT2D eigenvalue weighted by Crippen LogP contribution is -2.13. The summed E-state index contributed by atoms with van der Waals surface area (Å²) in [6, 6.07) is 21.8. The standard InChI is InChI=1S/C26H24N2O4/c1-31-23-13-7-3-9-19(23)15-17-25(29)27-21-11-5-6-12-22(21)28-26(30)18-16-20-10-4-8-14-24(20)32-2/h3-18H,1-2H3,(H,27,29)(H,28,30). The molecule has 32 heavy (non-hydrogen) atoms. The minimum Gasteiger partial charge on any atom is -0.496 e. The summed E-state index contributed by atoms with van der Waals surface area (Å²) >= 11 is 0. The van der Waals surface area contributed by atoms with Crippen LogP contribution in [0.15, 0.2) is 84.9 Å². The first-order valence-corrected chi connectivity index (χ1v) is 9.94. The normalized spacial score (nSPS) is 10.8. The van der Waals surface area contributed by atoms with Crippen LogP contribution in [0.5, 0.6) is 11.5 Å². The zero-order chi connectivity index (χ0) is 22.8. The monoisotopic (exact) mass is 428 g/mol. The van der Waals surface area contributed by atoms with E-state index in [1.54, 1.807) is 50.6 Å². The molecule has 0 spiro atoms. The SMILES string of the molecule is COc1ccccc1C=CC(=O)Nc1ccccc1NC(=O)C=Cc1ccccc1OC. The lowest BCUT2D eigenvalue weighted by molar-refractivity contribution is -0.112. The van der Waals surface area contributed by atoms with Crippen molar-refractivity contribution >= 4 is 35.3 Å². The number of amides is 2. The zero-order valence-electron chi connectivity index (χ0n) is 17.9. The summed E-state index contributed by atoms with van der Waals surface area (Å²) < 4.78 is 10.6. The molecule has 0 aliphatic rings. The summed E-state index contributed by atoms with van der Waals surface area (Å²) in [5, 5.41) is 5.58. The average molecular weight is 428 g/mol. The van der Waals surface area contributed by atoms with Crippen LogP contribution in [0, 0.1) is 0 Å². The van der Waals surface area contributed by atoms with Crippen molar-refractivity contribution in [2.75, 3.05) is 24.9 Å². The molecule has 0 heterocycles. The Kier molecular flexibility index (Phi) is 7.81. The number of carbonyl (C=O) groups is 2. The number of rotatable bonds is 8. The Balaban J connectivity index is 1.67. The Bertz CT molecular complexity index is 1060. The molecule has 0 bridgehead atoms. The third kappa shape index (κ3) is 6.09. The van der Waals surface area contributed by atoms with Gasteiger partial charge < -0.3 is 20.1 Å². The summed E-state index contributed by atoms with van der Waals surface area (Å²) in [7, 11) is 3.15. The van der Waals surface area contributed by atoms with Crippen molar-refractivity contribution in [1.29, 1.82) is 0 Å². The summed E-state index contributed by atoms with van der Waals surface area (Å²) in [4.78, 5) is 24.9. The van der Waals surface area contributed by atoms with E-state index in [0.29, 0.717) is 22.9 Å². The van der Waals surface area contributed by atoms with Crippen LogP contribution >= 0.6 is 0 Å². The van der Waals surface area contributed by atoms with Crippen LogP contribution in [-0.2, 0) is 9.59 Å². The molecule has 0 fully saturated rings. The maximum atomic E-state index is 12.4. The fourth-order valence-electron chi connectivity index (χ4n) is 2.99. The van der Waals surface area contributed by atoms with Gasteiger partial charge in [-0.05, 0) is 36.4 Å². The van der Waals surface area contributed by atoms with Gasteiger partial charge in [-0.15, -0.1) is 0 Å². The van der Waals surface area contributed by atoms with Crippen LogP contribution in [0.3, 0.4) is 0 Å². The van der Waals surface area contributed by atoms with Crippen LogP contribution in [0.2, 0.25) is 0 Å². The molecule has 3 rings (SSSR count). The number of carbonyl (C=O) groups excluding carboxylic acids is 2. The highest BCUT2D eigenvalue weighted by Crippen LogP contribution is 2.23. The third-order valence-electron chi connectivity index (χ3n) is 4.55. The van der Waals surface area contributed by atoms with Crippen LogP contribution in [0.25, 0.3) is 12.2 Å². The molecule has 0 saturated heterocycles. The lowest BCUT2D eigenvalue weighted by atomic mass is 10.2. The number of hydrogen-bond donors (Lipinski definition) is 2. The lowest BCUT2D eigenvalue weighted by Gasteiger charge is -2.10. The molecule has 0 aliphatic heterocycles. The summed E-state index contributed by atoms with van der Waals surface area (Å²) in [6.07, 6.45) is 6.17. The minimum atomic E-state index is -0.331. The molecule has 0 aromatic heterocycles. The van der Waals surface area contributed by atoms with E-state index in [1.807, 2.05) is 48.5 Å². The molecule has 0 radical (unpaired) electrons. The fourth-order valence-corrected chi connectivity index (χ4v) is 2.99. The Morgan fingerprint density at radius 3 is 1.41 bits per heavy atom. The van der Waals surface area contributed by atoms with Gasteiger partial charge in [0.2, 0.25) is 11.8 Å². The van der Waals surface area contributed by atoms with Crippen molar-refractivity contribution in [2.24, 2.45) is 0 Å². The second-order valence-electron chi connectivity index (χ2n) is 6.67. The Hall–Kier alpha value is -4.32. The molecule has 0 unspecified atom stereocenters. The quantitative estimate of drug-likeness (QED) is 0.495. The van der Waals surface area contributed by atoms with E-state index in [0.717, 1.165) is 11.1 Å². The van der Waals surface area contributed by atoms with Gasteiger partial charge in [0.25, 0.3) is 0 Å². The molecule has 3 aromatic rings. The van der Waals surface area contributed by atoms with Gasteiger partial charge in [0.1, 0.15) is 11.5 Å². The molecule has 6 nitrogen and oxygen atoms in total. The number of ether oxygens (including phenoxy) is 2. The second-order valence-corrected chi connectivity index (χ2v) is 6.67. The number of para-hydroxylation sites is 4. The van der Waals surface area contributed by atoms with Gasteiger partial charge in [-0.2, -0.15) is 0 Å². The molecule has 3 aromatic carbocycles. The predicted molar refractivity (Wildman–Crippen MR) is 128 cm³/mol. The first kappa shape index (κ1) is 22.4. The van der Waals surface area contributed by atoms with Crippen LogP contribution in [0.4, 0.5) is 11.4 Å². The van der Waals surface area contributed by atoms with Crippen molar-refractivity contribution in [3.8, 4) is 11.5 Å². The van der Waals surface area contributed by atoms with Gasteiger partial charge in [0, 0.05) is 23.3 Å². The fraction of sp³-hybridized carbons (Fsp3) is 0.0769. The smallest absolute Gasteiger partial charge is 0.248 e. The molecular formula is C26H24N2O4. The van der Waals surface area contributed by atoms with E-state index >= 15 is 0 Å². The highest BCUT2D eigenvalue weighted by molar-refractivity contribution is 6.08. The van der Waals surface area contributed by atoms with Gasteiger partial charge in [0.05, 0.1) is 25.6 Å². The van der Waals surface area contributed by atoms with Gasteiger partial charge in [-0.1, -0.05) is 48.5 Å². The minimum absolute atomic E-state index is 0.331. The Morgan fingerprint density at radius 2 is 1.00 bits per heavy atom. The van der Waals surface area contributed by atoms with Crippen LogP contribution in [0.1, 0.15) is 11.1 Å². The van der Waals surface area contributed by atoms with Gasteiger partial charge in [-0.3, -0.25) is 9.59 Å². The highest BCUT2D eigenvalue weighted by Gasteiger charge is 2.07. The summed E-state index contributed by atoms with van der Waals surface area (Å²) in [5.41, 5.74) is 2.55. The number of hydrogen-bond acceptors (Lipinski definition) is 4. The van der Waals surface area contributed by atoms with Crippen molar-refractivity contribution in [3.05, 3.63) is 96.1 Å². The van der Waals surface area contributed by atoms with E-state index in [2.05, 4.69) is 10.6 Å². The number of benzene rings is 3. The van der Waals surface area contributed by atoms with Crippen molar-refractivity contribution in [2.45, 2.75) is 0 Å². The first-order valence-electron chi connectivity index (χ1n) is 9.94. The maximum absolute atomic E-state index is 12.4. The summed E-state index contributed by atoms with van der Waals surface area (Å²) in [5.74, 6) is 0.682. The summed E-state index contributed by atoms with van der Waals surface area (Å²) in [6.45, 7) is 0. The molecule has 2 N–H and O–H groups in total. The molecule has 0 aliphatic carbocycles. The van der Waals surface area contributed by atoms with E-state index < -0.39 is 0 Å². The molecular weight excluding hydrogens is 404 g/mol. The number of anilines is 2.